The lowest BCUT2D eigenvalue weighted by Gasteiger charge is -2.28. The number of primary sulfonamides is 1. The third-order valence-electron chi connectivity index (χ3n) is 6.52. The van der Waals surface area contributed by atoms with Crippen LogP contribution in [0.4, 0.5) is 0 Å². The molecule has 1 unspecified atom stereocenters. The molecule has 3 heterocycles. The van der Waals surface area contributed by atoms with Gasteiger partial charge < -0.3 is 10.6 Å². The van der Waals surface area contributed by atoms with E-state index >= 15 is 0 Å². The Morgan fingerprint density at radius 1 is 0.909 bits per heavy atom. The molecule has 1 atom stereocenters. The SMILES string of the molecule is NS(=O)(=O)c1c(S(=O)C2CNC2)ccc(-c2ccc(C3CCNCC3)cc2)c1C1NNNN1. The second-order valence-corrected chi connectivity index (χ2v) is 11.8. The van der Waals surface area contributed by atoms with E-state index in [4.69, 9.17) is 5.14 Å². The summed E-state index contributed by atoms with van der Waals surface area (Å²) in [6, 6.07) is 11.7. The highest BCUT2D eigenvalue weighted by atomic mass is 32.2. The highest BCUT2D eigenvalue weighted by Gasteiger charge is 2.34. The van der Waals surface area contributed by atoms with Crippen LogP contribution < -0.4 is 37.7 Å². The number of nitrogens with two attached hydrogens (primary N) is 1. The van der Waals surface area contributed by atoms with Crippen molar-refractivity contribution in [3.05, 3.63) is 47.5 Å². The van der Waals surface area contributed by atoms with Crippen LogP contribution in [0, 0.1) is 0 Å². The molecule has 2 aromatic carbocycles. The van der Waals surface area contributed by atoms with Crippen molar-refractivity contribution in [3.8, 4) is 11.1 Å². The number of hydrazine groups is 3. The van der Waals surface area contributed by atoms with Gasteiger partial charge in [0.05, 0.1) is 20.9 Å². The maximum atomic E-state index is 13.2. The Bertz CT molecular complexity index is 1140. The molecule has 3 aliphatic heterocycles. The maximum absolute atomic E-state index is 13.2. The van der Waals surface area contributed by atoms with Crippen LogP contribution in [0.1, 0.15) is 36.1 Å². The van der Waals surface area contributed by atoms with Crippen molar-refractivity contribution >= 4 is 20.8 Å². The lowest BCUT2D eigenvalue weighted by atomic mass is 9.88. The van der Waals surface area contributed by atoms with E-state index in [-0.39, 0.29) is 15.0 Å². The minimum Gasteiger partial charge on any atom is -0.317 e. The monoisotopic (exact) mass is 491 g/mol. The van der Waals surface area contributed by atoms with Gasteiger partial charge in [0.2, 0.25) is 10.0 Å². The molecule has 0 aliphatic carbocycles. The van der Waals surface area contributed by atoms with Gasteiger partial charge in [0.15, 0.2) is 0 Å². The van der Waals surface area contributed by atoms with E-state index in [0.29, 0.717) is 30.1 Å². The molecule has 0 aromatic heterocycles. The minimum atomic E-state index is -4.18. The van der Waals surface area contributed by atoms with Gasteiger partial charge in [0.25, 0.3) is 0 Å². The van der Waals surface area contributed by atoms with E-state index in [2.05, 4.69) is 44.7 Å². The zero-order valence-electron chi connectivity index (χ0n) is 18.1. The molecule has 12 heteroatoms. The third kappa shape index (κ3) is 4.63. The first-order valence-corrected chi connectivity index (χ1v) is 13.8. The highest BCUT2D eigenvalue weighted by Crippen LogP contribution is 2.37. The van der Waals surface area contributed by atoms with E-state index in [1.807, 2.05) is 18.2 Å². The molecule has 3 saturated heterocycles. The van der Waals surface area contributed by atoms with Crippen LogP contribution in [0.15, 0.2) is 46.2 Å². The van der Waals surface area contributed by atoms with Gasteiger partial charge in [0, 0.05) is 18.7 Å². The van der Waals surface area contributed by atoms with Crippen molar-refractivity contribution in [1.82, 2.24) is 32.6 Å². The zero-order valence-corrected chi connectivity index (χ0v) is 19.7. The Morgan fingerprint density at radius 3 is 2.15 bits per heavy atom. The van der Waals surface area contributed by atoms with Crippen molar-refractivity contribution in [2.24, 2.45) is 5.14 Å². The summed E-state index contributed by atoms with van der Waals surface area (Å²) in [6.07, 6.45) is 1.60. The zero-order chi connectivity index (χ0) is 23.0. The van der Waals surface area contributed by atoms with Gasteiger partial charge in [0.1, 0.15) is 11.1 Å². The fraction of sp³-hybridized carbons (Fsp3) is 0.429. The molecule has 33 heavy (non-hydrogen) atoms. The van der Waals surface area contributed by atoms with E-state index in [9.17, 15) is 12.6 Å². The van der Waals surface area contributed by atoms with E-state index < -0.39 is 27.0 Å². The van der Waals surface area contributed by atoms with Crippen LogP contribution in [0.3, 0.4) is 0 Å². The fourth-order valence-electron chi connectivity index (χ4n) is 4.65. The number of piperidine rings is 1. The average Bonchev–Trinajstić information content (AvgIpc) is 3.32. The average molecular weight is 492 g/mol. The largest absolute Gasteiger partial charge is 0.317 e. The van der Waals surface area contributed by atoms with Crippen molar-refractivity contribution in [1.29, 1.82) is 0 Å². The second kappa shape index (κ2) is 9.49. The Morgan fingerprint density at radius 2 is 1.58 bits per heavy atom. The number of benzene rings is 2. The molecule has 0 spiro atoms. The molecule has 0 saturated carbocycles. The normalized spacial score (nSPS) is 21.7. The van der Waals surface area contributed by atoms with Gasteiger partial charge in [-0.05, 0) is 54.6 Å². The minimum absolute atomic E-state index is 0.0943. The molecule has 0 bridgehead atoms. The summed E-state index contributed by atoms with van der Waals surface area (Å²) in [5.41, 5.74) is 14.7. The summed E-state index contributed by atoms with van der Waals surface area (Å²) in [4.78, 5) is 0.146. The van der Waals surface area contributed by atoms with Gasteiger partial charge in [-0.2, -0.15) is 11.1 Å². The number of rotatable bonds is 6. The van der Waals surface area contributed by atoms with Crippen molar-refractivity contribution < 1.29 is 12.6 Å². The van der Waals surface area contributed by atoms with Gasteiger partial charge >= 0.3 is 0 Å². The number of sulfonamides is 1. The van der Waals surface area contributed by atoms with Crippen LogP contribution in [0.5, 0.6) is 0 Å². The van der Waals surface area contributed by atoms with Crippen LogP contribution in [-0.4, -0.2) is 44.1 Å². The number of hydrogen-bond acceptors (Lipinski definition) is 9. The van der Waals surface area contributed by atoms with Gasteiger partial charge in [-0.15, -0.1) is 0 Å². The topological polar surface area (TPSA) is 149 Å². The first-order chi connectivity index (χ1) is 15.9. The van der Waals surface area contributed by atoms with Crippen molar-refractivity contribution in [3.63, 3.8) is 0 Å². The molecular weight excluding hydrogens is 462 g/mol. The number of nitrogens with one attached hydrogen (secondary N) is 6. The molecule has 3 aliphatic rings. The molecule has 10 nitrogen and oxygen atoms in total. The van der Waals surface area contributed by atoms with Crippen molar-refractivity contribution in [2.45, 2.75) is 40.0 Å². The summed E-state index contributed by atoms with van der Waals surface area (Å²) in [6.45, 7) is 3.19. The molecule has 0 amide bonds. The molecular formula is C21H29N7O3S2. The first kappa shape index (κ1) is 23.0. The Labute approximate surface area is 195 Å². The van der Waals surface area contributed by atoms with E-state index in [1.165, 1.54) is 5.56 Å². The molecule has 8 N–H and O–H groups in total. The smallest absolute Gasteiger partial charge is 0.239 e. The van der Waals surface area contributed by atoms with Gasteiger partial charge in [-0.1, -0.05) is 30.3 Å². The quantitative estimate of drug-likeness (QED) is 0.288. The van der Waals surface area contributed by atoms with Crippen LogP contribution in [-0.2, 0) is 20.8 Å². The Hall–Kier alpha value is -1.74. The first-order valence-electron chi connectivity index (χ1n) is 11.1. The van der Waals surface area contributed by atoms with Gasteiger partial charge in [-0.25, -0.2) is 24.4 Å². The molecule has 2 aromatic rings. The summed E-state index contributed by atoms with van der Waals surface area (Å²) >= 11 is 0. The van der Waals surface area contributed by atoms with Crippen LogP contribution in [0.25, 0.3) is 11.1 Å². The molecule has 0 radical (unpaired) electrons. The second-order valence-electron chi connectivity index (χ2n) is 8.59. The third-order valence-corrected chi connectivity index (χ3v) is 9.38. The van der Waals surface area contributed by atoms with E-state index in [0.717, 1.165) is 31.5 Å². The van der Waals surface area contributed by atoms with Crippen molar-refractivity contribution in [2.75, 3.05) is 26.2 Å². The lowest BCUT2D eigenvalue weighted by Crippen LogP contribution is -2.49. The Kier molecular flexibility index (Phi) is 6.62. The molecule has 3 fully saturated rings. The standard InChI is InChI=1S/C21H29N7O3S2/c22-33(30,31)20-18(32(29)16-11-24-12-16)6-5-17(19(20)21-25-27-28-26-21)15-3-1-13(2-4-15)14-7-9-23-10-8-14/h1-6,14,16,21,23-28H,7-12H2,(H2,22,30,31). The predicted molar refractivity (Wildman–Crippen MR) is 126 cm³/mol. The lowest BCUT2D eigenvalue weighted by molar-refractivity contribution is 0.460. The van der Waals surface area contributed by atoms with Crippen LogP contribution >= 0.6 is 0 Å². The summed E-state index contributed by atoms with van der Waals surface area (Å²) in [7, 11) is -5.68. The van der Waals surface area contributed by atoms with Gasteiger partial charge in [-0.3, -0.25) is 4.21 Å². The Balaban J connectivity index is 1.61. The highest BCUT2D eigenvalue weighted by molar-refractivity contribution is 7.91. The summed E-state index contributed by atoms with van der Waals surface area (Å²) in [5, 5.41) is 12.0. The molecule has 178 valence electrons. The summed E-state index contributed by atoms with van der Waals surface area (Å²) in [5.74, 6) is 0.521. The predicted octanol–water partition coefficient (Wildman–Crippen LogP) is -0.337. The van der Waals surface area contributed by atoms with E-state index in [1.54, 1.807) is 6.07 Å². The van der Waals surface area contributed by atoms with Crippen LogP contribution in [0.2, 0.25) is 0 Å². The summed E-state index contributed by atoms with van der Waals surface area (Å²) < 4.78 is 38.9. The fourth-order valence-corrected chi connectivity index (χ4v) is 7.52. The maximum Gasteiger partial charge on any atom is 0.239 e. The number of hydrogen-bond donors (Lipinski definition) is 7. The molecule has 5 rings (SSSR count).